The first-order valence-electron chi connectivity index (χ1n) is 9.68. The van der Waals surface area contributed by atoms with E-state index >= 15 is 0 Å². The molecule has 0 aliphatic carbocycles. The normalized spacial score (nSPS) is 12.2. The zero-order valence-electron chi connectivity index (χ0n) is 15.3. The molecule has 0 bridgehead atoms. The van der Waals surface area contributed by atoms with Crippen LogP contribution in [0.5, 0.6) is 5.75 Å². The molecule has 0 amide bonds. The maximum Gasteiger partial charge on any atom is 0.394 e. The van der Waals surface area contributed by atoms with E-state index in [4.69, 9.17) is 9.05 Å². The SMILES string of the molecule is CCCCCCCCCCCCCCOP(O)Oc1ccccc1. The second kappa shape index (κ2) is 15.9. The van der Waals surface area contributed by atoms with Crippen molar-refractivity contribution in [2.75, 3.05) is 6.61 Å². The third-order valence-electron chi connectivity index (χ3n) is 4.13. The lowest BCUT2D eigenvalue weighted by molar-refractivity contribution is 0.253. The summed E-state index contributed by atoms with van der Waals surface area (Å²) in [5.74, 6) is 0.654. The van der Waals surface area contributed by atoms with Crippen LogP contribution in [0.25, 0.3) is 0 Å². The largest absolute Gasteiger partial charge is 0.427 e. The van der Waals surface area contributed by atoms with Crippen LogP contribution in [0.3, 0.4) is 0 Å². The van der Waals surface area contributed by atoms with Crippen molar-refractivity contribution in [1.82, 2.24) is 0 Å². The van der Waals surface area contributed by atoms with Crippen molar-refractivity contribution in [2.24, 2.45) is 0 Å². The van der Waals surface area contributed by atoms with Crippen LogP contribution >= 0.6 is 8.60 Å². The van der Waals surface area contributed by atoms with E-state index in [0.717, 1.165) is 6.42 Å². The Hall–Kier alpha value is -0.630. The standard InChI is InChI=1S/C20H35O3P/c1-2-3-4-5-6-7-8-9-10-11-12-16-19-22-24(21)23-20-17-14-13-15-18-20/h13-15,17-18,21H,2-12,16,19H2,1H3. The summed E-state index contributed by atoms with van der Waals surface area (Å²) in [4.78, 5) is 9.70. The maximum atomic E-state index is 9.70. The van der Waals surface area contributed by atoms with Gasteiger partial charge in [-0.3, -0.25) is 0 Å². The topological polar surface area (TPSA) is 38.7 Å². The van der Waals surface area contributed by atoms with Gasteiger partial charge in [0, 0.05) is 0 Å². The average Bonchev–Trinajstić information content (AvgIpc) is 2.60. The van der Waals surface area contributed by atoms with E-state index in [-0.39, 0.29) is 0 Å². The van der Waals surface area contributed by atoms with Crippen LogP contribution in [0.2, 0.25) is 0 Å². The highest BCUT2D eigenvalue weighted by molar-refractivity contribution is 7.41. The quantitative estimate of drug-likeness (QED) is 0.256. The highest BCUT2D eigenvalue weighted by Gasteiger charge is 2.07. The fourth-order valence-electron chi connectivity index (χ4n) is 2.68. The Bertz CT molecular complexity index is 372. The fourth-order valence-corrected chi connectivity index (χ4v) is 3.32. The zero-order chi connectivity index (χ0) is 17.3. The van der Waals surface area contributed by atoms with Gasteiger partial charge in [-0.15, -0.1) is 0 Å². The molecule has 138 valence electrons. The number of hydrogen-bond acceptors (Lipinski definition) is 3. The van der Waals surface area contributed by atoms with Crippen molar-refractivity contribution in [3.05, 3.63) is 30.3 Å². The Kier molecular flexibility index (Phi) is 14.2. The maximum absolute atomic E-state index is 9.70. The summed E-state index contributed by atoms with van der Waals surface area (Å²) in [6, 6.07) is 9.31. The Morgan fingerprint density at radius 3 is 1.79 bits per heavy atom. The molecule has 0 radical (unpaired) electrons. The van der Waals surface area contributed by atoms with Crippen molar-refractivity contribution in [3.63, 3.8) is 0 Å². The molecule has 0 spiro atoms. The Morgan fingerprint density at radius 2 is 1.25 bits per heavy atom. The first-order valence-corrected chi connectivity index (χ1v) is 10.8. The second-order valence-corrected chi connectivity index (χ2v) is 7.28. The van der Waals surface area contributed by atoms with Crippen LogP contribution in [-0.2, 0) is 4.52 Å². The van der Waals surface area contributed by atoms with Gasteiger partial charge in [0.25, 0.3) is 0 Å². The molecule has 0 aliphatic rings. The van der Waals surface area contributed by atoms with Crippen molar-refractivity contribution in [2.45, 2.75) is 84.0 Å². The van der Waals surface area contributed by atoms with E-state index in [0.29, 0.717) is 12.4 Å². The molecule has 1 unspecified atom stereocenters. The molecule has 0 aliphatic heterocycles. The van der Waals surface area contributed by atoms with Crippen molar-refractivity contribution in [3.8, 4) is 5.75 Å². The number of para-hydroxylation sites is 1. The van der Waals surface area contributed by atoms with Gasteiger partial charge in [-0.1, -0.05) is 95.8 Å². The van der Waals surface area contributed by atoms with Gasteiger partial charge in [-0.2, -0.15) is 0 Å². The van der Waals surface area contributed by atoms with Crippen LogP contribution in [-0.4, -0.2) is 11.5 Å². The molecule has 0 saturated carbocycles. The van der Waals surface area contributed by atoms with E-state index in [9.17, 15) is 4.89 Å². The first kappa shape index (κ1) is 21.4. The minimum Gasteiger partial charge on any atom is -0.427 e. The smallest absolute Gasteiger partial charge is 0.394 e. The number of hydrogen-bond donors (Lipinski definition) is 1. The molecule has 1 N–H and O–H groups in total. The van der Waals surface area contributed by atoms with Gasteiger partial charge in [0.05, 0.1) is 6.61 Å². The van der Waals surface area contributed by atoms with E-state index in [2.05, 4.69) is 6.92 Å². The molecule has 4 heteroatoms. The van der Waals surface area contributed by atoms with Crippen LogP contribution < -0.4 is 4.52 Å². The van der Waals surface area contributed by atoms with Gasteiger partial charge < -0.3 is 13.9 Å². The summed E-state index contributed by atoms with van der Waals surface area (Å²) in [6.07, 6.45) is 15.9. The summed E-state index contributed by atoms with van der Waals surface area (Å²) in [5, 5.41) is 0. The van der Waals surface area contributed by atoms with E-state index < -0.39 is 8.60 Å². The number of rotatable bonds is 16. The van der Waals surface area contributed by atoms with Crippen molar-refractivity contribution < 1.29 is 13.9 Å². The average molecular weight is 354 g/mol. The van der Waals surface area contributed by atoms with Crippen molar-refractivity contribution >= 4 is 8.60 Å². The molecule has 0 heterocycles. The van der Waals surface area contributed by atoms with Crippen LogP contribution in [0.15, 0.2) is 30.3 Å². The molecule has 0 saturated heterocycles. The van der Waals surface area contributed by atoms with Crippen molar-refractivity contribution in [1.29, 1.82) is 0 Å². The molecule has 1 aromatic rings. The lowest BCUT2D eigenvalue weighted by atomic mass is 10.1. The Morgan fingerprint density at radius 1 is 0.750 bits per heavy atom. The van der Waals surface area contributed by atoms with Gasteiger partial charge in [-0.25, -0.2) is 0 Å². The number of unbranched alkanes of at least 4 members (excludes halogenated alkanes) is 11. The highest BCUT2D eigenvalue weighted by atomic mass is 31.2. The lowest BCUT2D eigenvalue weighted by Crippen LogP contribution is -1.95. The molecule has 0 fully saturated rings. The number of benzene rings is 1. The van der Waals surface area contributed by atoms with Gasteiger partial charge in [0.1, 0.15) is 5.75 Å². The third kappa shape index (κ3) is 12.8. The van der Waals surface area contributed by atoms with E-state index in [1.54, 1.807) is 0 Å². The summed E-state index contributed by atoms with van der Waals surface area (Å²) in [6.45, 7) is 2.84. The van der Waals surface area contributed by atoms with Crippen LogP contribution in [0.1, 0.15) is 84.0 Å². The van der Waals surface area contributed by atoms with Crippen LogP contribution in [0.4, 0.5) is 0 Å². The molecule has 1 aromatic carbocycles. The predicted molar refractivity (Wildman–Crippen MR) is 103 cm³/mol. The highest BCUT2D eigenvalue weighted by Crippen LogP contribution is 2.34. The molecule has 1 rings (SSSR count). The van der Waals surface area contributed by atoms with Gasteiger partial charge in [-0.05, 0) is 18.6 Å². The molecular formula is C20H35O3P. The first-order chi connectivity index (χ1) is 11.8. The van der Waals surface area contributed by atoms with Gasteiger partial charge in [0.2, 0.25) is 0 Å². The second-order valence-electron chi connectivity index (χ2n) is 6.36. The van der Waals surface area contributed by atoms with Crippen LogP contribution in [0, 0.1) is 0 Å². The molecule has 24 heavy (non-hydrogen) atoms. The predicted octanol–water partition coefficient (Wildman–Crippen LogP) is 7.00. The van der Waals surface area contributed by atoms with E-state index in [1.807, 2.05) is 30.3 Å². The summed E-state index contributed by atoms with van der Waals surface area (Å²) in [7, 11) is -1.80. The van der Waals surface area contributed by atoms with Gasteiger partial charge in [0.15, 0.2) is 0 Å². The van der Waals surface area contributed by atoms with Gasteiger partial charge >= 0.3 is 8.60 Å². The van der Waals surface area contributed by atoms with E-state index in [1.165, 1.54) is 70.6 Å². The summed E-state index contributed by atoms with van der Waals surface area (Å²) in [5.41, 5.74) is 0. The third-order valence-corrected chi connectivity index (χ3v) is 4.90. The molecule has 0 aromatic heterocycles. The Labute approximate surface area is 149 Å². The zero-order valence-corrected chi connectivity index (χ0v) is 16.2. The summed E-state index contributed by atoms with van der Waals surface area (Å²) < 4.78 is 10.7. The fraction of sp³-hybridized carbons (Fsp3) is 0.700. The summed E-state index contributed by atoms with van der Waals surface area (Å²) >= 11 is 0. The monoisotopic (exact) mass is 354 g/mol. The lowest BCUT2D eigenvalue weighted by Gasteiger charge is -2.11. The molecule has 3 nitrogen and oxygen atoms in total. The minimum absolute atomic E-state index is 0.576. The molecular weight excluding hydrogens is 319 g/mol. The molecule has 1 atom stereocenters. The minimum atomic E-state index is -1.80. The Balaban J connectivity index is 1.80.